The minimum Gasteiger partial charge on any atom is -0.316 e. The zero-order chi connectivity index (χ0) is 5.82. The van der Waals surface area contributed by atoms with Gasteiger partial charge in [0.15, 0.2) is 0 Å². The Hall–Kier alpha value is -0.0800. The summed E-state index contributed by atoms with van der Waals surface area (Å²) < 4.78 is 0. The first kappa shape index (κ1) is 6.05. The van der Waals surface area contributed by atoms with Crippen LogP contribution >= 0.6 is 0 Å². The van der Waals surface area contributed by atoms with Crippen molar-refractivity contribution in [1.29, 1.82) is 0 Å². The van der Waals surface area contributed by atoms with Crippen LogP contribution in [0.1, 0.15) is 12.8 Å². The van der Waals surface area contributed by atoms with Crippen LogP contribution in [0.15, 0.2) is 0 Å². The second-order valence-corrected chi connectivity index (χ2v) is 2.33. The molecular formula is C6H14N2. The van der Waals surface area contributed by atoms with E-state index < -0.39 is 0 Å². The van der Waals surface area contributed by atoms with Crippen LogP contribution in [0.5, 0.6) is 0 Å². The number of rotatable bonds is 1. The topological polar surface area (TPSA) is 24.1 Å². The van der Waals surface area contributed by atoms with Crippen LogP contribution in [0.25, 0.3) is 0 Å². The van der Waals surface area contributed by atoms with Gasteiger partial charge in [-0.1, -0.05) is 0 Å². The Morgan fingerprint density at radius 2 is 2.50 bits per heavy atom. The number of nitrogens with one attached hydrogen (secondary N) is 2. The van der Waals surface area contributed by atoms with E-state index in [1.54, 1.807) is 0 Å². The van der Waals surface area contributed by atoms with Crippen LogP contribution in [0, 0.1) is 0 Å². The van der Waals surface area contributed by atoms with Gasteiger partial charge < -0.3 is 10.6 Å². The van der Waals surface area contributed by atoms with E-state index in [0.29, 0.717) is 0 Å². The maximum absolute atomic E-state index is 3.32. The molecule has 1 fully saturated rings. The lowest BCUT2D eigenvalue weighted by atomic mass is 10.1. The third kappa shape index (κ3) is 1.46. The van der Waals surface area contributed by atoms with E-state index in [9.17, 15) is 0 Å². The molecule has 1 aliphatic heterocycles. The van der Waals surface area contributed by atoms with Gasteiger partial charge in [0.25, 0.3) is 0 Å². The molecule has 0 unspecified atom stereocenters. The minimum atomic E-state index is 0.726. The highest BCUT2D eigenvalue weighted by Gasteiger charge is 2.08. The van der Waals surface area contributed by atoms with Crippen molar-refractivity contribution in [2.24, 2.45) is 0 Å². The van der Waals surface area contributed by atoms with Gasteiger partial charge in [0.2, 0.25) is 0 Å². The highest BCUT2D eigenvalue weighted by Crippen LogP contribution is 1.98. The zero-order valence-corrected chi connectivity index (χ0v) is 5.41. The molecule has 0 aromatic carbocycles. The fraction of sp³-hybridized carbons (Fsp3) is 1.00. The Kier molecular flexibility index (Phi) is 2.30. The van der Waals surface area contributed by atoms with Crippen molar-refractivity contribution in [3.63, 3.8) is 0 Å². The maximum Gasteiger partial charge on any atom is 0.0189 e. The van der Waals surface area contributed by atoms with Crippen LogP contribution in [0.4, 0.5) is 0 Å². The molecule has 2 heteroatoms. The monoisotopic (exact) mass is 114 g/mol. The minimum absolute atomic E-state index is 0.726. The molecular weight excluding hydrogens is 100 g/mol. The Bertz CT molecular complexity index is 57.5. The normalized spacial score (nSPS) is 30.4. The van der Waals surface area contributed by atoms with Gasteiger partial charge in [-0.3, -0.25) is 0 Å². The van der Waals surface area contributed by atoms with Crippen molar-refractivity contribution >= 4 is 0 Å². The summed E-state index contributed by atoms with van der Waals surface area (Å²) in [4.78, 5) is 0. The molecule has 2 nitrogen and oxygen atoms in total. The molecule has 0 bridgehead atoms. The summed E-state index contributed by atoms with van der Waals surface area (Å²) in [5.74, 6) is 0. The first-order valence-electron chi connectivity index (χ1n) is 3.31. The SMILES string of the molecule is CN[C@H]1CCCNC1. The highest BCUT2D eigenvalue weighted by molar-refractivity contribution is 4.72. The van der Waals surface area contributed by atoms with E-state index in [-0.39, 0.29) is 0 Å². The maximum atomic E-state index is 3.32. The lowest BCUT2D eigenvalue weighted by Crippen LogP contribution is -2.41. The molecule has 0 aromatic heterocycles. The molecule has 1 heterocycles. The van der Waals surface area contributed by atoms with Gasteiger partial charge in [-0.15, -0.1) is 0 Å². The molecule has 0 radical (unpaired) electrons. The van der Waals surface area contributed by atoms with Gasteiger partial charge >= 0.3 is 0 Å². The standard InChI is InChI=1S/C6H14N2/c1-7-6-3-2-4-8-5-6/h6-8H,2-5H2,1H3/t6-/m0/s1. The summed E-state index contributed by atoms with van der Waals surface area (Å²) in [5, 5.41) is 6.56. The van der Waals surface area contributed by atoms with Gasteiger partial charge in [0.1, 0.15) is 0 Å². The smallest absolute Gasteiger partial charge is 0.0189 e. The molecule has 1 saturated heterocycles. The lowest BCUT2D eigenvalue weighted by Gasteiger charge is -2.21. The molecule has 0 spiro atoms. The number of piperidine rings is 1. The predicted molar refractivity (Wildman–Crippen MR) is 35.0 cm³/mol. The summed E-state index contributed by atoms with van der Waals surface area (Å²) in [6, 6.07) is 0.726. The molecule has 2 N–H and O–H groups in total. The third-order valence-corrected chi connectivity index (χ3v) is 1.71. The Labute approximate surface area is 50.7 Å². The average Bonchev–Trinajstić information content (AvgIpc) is 1.90. The molecule has 0 amide bonds. The van der Waals surface area contributed by atoms with E-state index >= 15 is 0 Å². The molecule has 0 saturated carbocycles. The fourth-order valence-electron chi connectivity index (χ4n) is 1.10. The van der Waals surface area contributed by atoms with Gasteiger partial charge in [0.05, 0.1) is 0 Å². The molecule has 48 valence electrons. The molecule has 0 aliphatic carbocycles. The highest BCUT2D eigenvalue weighted by atomic mass is 15.0. The average molecular weight is 114 g/mol. The molecule has 1 rings (SSSR count). The lowest BCUT2D eigenvalue weighted by molar-refractivity contribution is 0.412. The van der Waals surface area contributed by atoms with Crippen LogP contribution in [0.2, 0.25) is 0 Å². The van der Waals surface area contributed by atoms with E-state index in [0.717, 1.165) is 12.6 Å². The Morgan fingerprint density at radius 1 is 1.62 bits per heavy atom. The van der Waals surface area contributed by atoms with Crippen molar-refractivity contribution in [2.45, 2.75) is 18.9 Å². The van der Waals surface area contributed by atoms with Crippen LogP contribution in [0.3, 0.4) is 0 Å². The van der Waals surface area contributed by atoms with Crippen LogP contribution in [-0.4, -0.2) is 26.2 Å². The number of hydrogen-bond acceptors (Lipinski definition) is 2. The first-order valence-corrected chi connectivity index (χ1v) is 3.31. The summed E-state index contributed by atoms with van der Waals surface area (Å²) in [7, 11) is 2.03. The second kappa shape index (κ2) is 3.05. The van der Waals surface area contributed by atoms with Crippen LogP contribution < -0.4 is 10.6 Å². The third-order valence-electron chi connectivity index (χ3n) is 1.71. The quantitative estimate of drug-likeness (QED) is 0.500. The van der Waals surface area contributed by atoms with E-state index in [4.69, 9.17) is 0 Å². The van der Waals surface area contributed by atoms with Crippen molar-refractivity contribution in [3.8, 4) is 0 Å². The summed E-state index contributed by atoms with van der Waals surface area (Å²) in [6.45, 7) is 2.36. The molecule has 0 aromatic rings. The number of likely N-dealkylation sites (N-methyl/N-ethyl adjacent to an activating group) is 1. The largest absolute Gasteiger partial charge is 0.316 e. The summed E-state index contributed by atoms with van der Waals surface area (Å²) in [6.07, 6.45) is 2.66. The predicted octanol–water partition coefficient (Wildman–Crippen LogP) is -0.0422. The first-order chi connectivity index (χ1) is 3.93. The van der Waals surface area contributed by atoms with Crippen LogP contribution in [-0.2, 0) is 0 Å². The summed E-state index contributed by atoms with van der Waals surface area (Å²) >= 11 is 0. The second-order valence-electron chi connectivity index (χ2n) is 2.33. The molecule has 1 aliphatic rings. The van der Waals surface area contributed by atoms with Gasteiger partial charge in [-0.05, 0) is 26.4 Å². The van der Waals surface area contributed by atoms with E-state index in [1.807, 2.05) is 7.05 Å². The number of hydrogen-bond donors (Lipinski definition) is 2. The van der Waals surface area contributed by atoms with Crippen molar-refractivity contribution in [2.75, 3.05) is 20.1 Å². The Morgan fingerprint density at radius 3 is 2.88 bits per heavy atom. The fourth-order valence-corrected chi connectivity index (χ4v) is 1.10. The summed E-state index contributed by atoms with van der Waals surface area (Å²) in [5.41, 5.74) is 0. The van der Waals surface area contributed by atoms with Gasteiger partial charge in [0, 0.05) is 12.6 Å². The van der Waals surface area contributed by atoms with Gasteiger partial charge in [-0.2, -0.15) is 0 Å². The van der Waals surface area contributed by atoms with E-state index in [2.05, 4.69) is 10.6 Å². The van der Waals surface area contributed by atoms with Crippen molar-refractivity contribution in [3.05, 3.63) is 0 Å². The van der Waals surface area contributed by atoms with Gasteiger partial charge in [-0.25, -0.2) is 0 Å². The van der Waals surface area contributed by atoms with E-state index in [1.165, 1.54) is 19.4 Å². The zero-order valence-electron chi connectivity index (χ0n) is 5.41. The van der Waals surface area contributed by atoms with Crippen molar-refractivity contribution < 1.29 is 0 Å². The van der Waals surface area contributed by atoms with Crippen molar-refractivity contribution in [1.82, 2.24) is 10.6 Å². The molecule has 8 heavy (non-hydrogen) atoms. The Balaban J connectivity index is 2.13. The molecule has 1 atom stereocenters.